The molecule has 0 bridgehead atoms. The number of rotatable bonds is 4. The van der Waals surface area contributed by atoms with Crippen LogP contribution in [0.4, 0.5) is 0 Å². The lowest BCUT2D eigenvalue weighted by atomic mass is 9.98. The van der Waals surface area contributed by atoms with E-state index in [1.165, 1.54) is 17.1 Å². The zero-order valence-corrected chi connectivity index (χ0v) is 8.20. The summed E-state index contributed by atoms with van der Waals surface area (Å²) in [6.45, 7) is 12.4. The highest BCUT2D eigenvalue weighted by atomic mass is 14.0. The van der Waals surface area contributed by atoms with Crippen molar-refractivity contribution in [1.82, 2.24) is 0 Å². The van der Waals surface area contributed by atoms with Crippen molar-refractivity contribution in [3.63, 3.8) is 0 Å². The number of allylic oxidation sites excluding steroid dienone is 3. The molecule has 62 valence electrons. The summed E-state index contributed by atoms with van der Waals surface area (Å²) in [4.78, 5) is 0. The SMILES string of the molecule is C=C(C)[C+](C)CCC=C(C)C. The Labute approximate surface area is 71.0 Å². The molecule has 0 heterocycles. The van der Waals surface area contributed by atoms with Crippen LogP contribution in [0.3, 0.4) is 0 Å². The first-order chi connectivity index (χ1) is 5.04. The van der Waals surface area contributed by atoms with Crippen molar-refractivity contribution in [2.45, 2.75) is 40.5 Å². The average molecular weight is 151 g/mol. The van der Waals surface area contributed by atoms with Gasteiger partial charge in [-0.15, -0.1) is 0 Å². The van der Waals surface area contributed by atoms with Crippen molar-refractivity contribution in [3.05, 3.63) is 29.7 Å². The smallest absolute Gasteiger partial charge is 0.0838 e. The van der Waals surface area contributed by atoms with Gasteiger partial charge in [0.25, 0.3) is 0 Å². The topological polar surface area (TPSA) is 0 Å². The maximum absolute atomic E-state index is 3.90. The Balaban J connectivity index is 3.55. The standard InChI is InChI=1S/C11H19/c1-9(2)7-6-8-11(5)10(3)4/h7H,3,6,8H2,1-2,4-5H3/q+1. The first-order valence-electron chi connectivity index (χ1n) is 4.15. The van der Waals surface area contributed by atoms with E-state index in [9.17, 15) is 0 Å². The molecule has 0 fully saturated rings. The lowest BCUT2D eigenvalue weighted by Crippen LogP contribution is -1.90. The highest BCUT2D eigenvalue weighted by Crippen LogP contribution is 2.16. The molecule has 0 saturated carbocycles. The average Bonchev–Trinajstić information content (AvgIpc) is 1.86. The van der Waals surface area contributed by atoms with Gasteiger partial charge >= 0.3 is 0 Å². The predicted octanol–water partition coefficient (Wildman–Crippen LogP) is 3.90. The Morgan fingerprint density at radius 2 is 1.91 bits per heavy atom. The maximum Gasteiger partial charge on any atom is 0.0987 e. The molecular formula is C11H19+. The molecule has 0 aliphatic rings. The van der Waals surface area contributed by atoms with Crippen molar-refractivity contribution >= 4 is 0 Å². The monoisotopic (exact) mass is 151 g/mol. The number of hydrogen-bond donors (Lipinski definition) is 0. The van der Waals surface area contributed by atoms with Crippen LogP contribution in [-0.2, 0) is 0 Å². The van der Waals surface area contributed by atoms with Gasteiger partial charge in [0.2, 0.25) is 0 Å². The normalized spacial score (nSPS) is 9.09. The second kappa shape index (κ2) is 5.06. The first kappa shape index (κ1) is 10.3. The fraction of sp³-hybridized carbons (Fsp3) is 0.545. The van der Waals surface area contributed by atoms with Gasteiger partial charge in [0, 0.05) is 19.9 Å². The van der Waals surface area contributed by atoms with Gasteiger partial charge in [-0.1, -0.05) is 11.6 Å². The summed E-state index contributed by atoms with van der Waals surface area (Å²) in [5.74, 6) is 1.42. The molecule has 0 radical (unpaired) electrons. The minimum Gasteiger partial charge on any atom is -0.0838 e. The molecule has 0 unspecified atom stereocenters. The summed E-state index contributed by atoms with van der Waals surface area (Å²) in [5.41, 5.74) is 2.62. The van der Waals surface area contributed by atoms with Gasteiger partial charge in [0.15, 0.2) is 0 Å². The van der Waals surface area contributed by atoms with Crippen LogP contribution in [0.15, 0.2) is 23.8 Å². The van der Waals surface area contributed by atoms with Gasteiger partial charge in [-0.3, -0.25) is 0 Å². The molecule has 0 heteroatoms. The quantitative estimate of drug-likeness (QED) is 0.422. The van der Waals surface area contributed by atoms with Crippen molar-refractivity contribution in [3.8, 4) is 0 Å². The van der Waals surface area contributed by atoms with E-state index in [1.807, 2.05) is 0 Å². The third kappa shape index (κ3) is 5.78. The van der Waals surface area contributed by atoms with E-state index in [0.717, 1.165) is 12.8 Å². The van der Waals surface area contributed by atoms with Crippen LogP contribution >= 0.6 is 0 Å². The van der Waals surface area contributed by atoms with Gasteiger partial charge in [-0.25, -0.2) is 0 Å². The fourth-order valence-electron chi connectivity index (χ4n) is 0.791. The first-order valence-corrected chi connectivity index (χ1v) is 4.15. The van der Waals surface area contributed by atoms with Crippen molar-refractivity contribution in [1.29, 1.82) is 0 Å². The van der Waals surface area contributed by atoms with Gasteiger partial charge in [0.05, 0.1) is 11.5 Å². The second-order valence-corrected chi connectivity index (χ2v) is 3.38. The summed E-state index contributed by atoms with van der Waals surface area (Å²) in [7, 11) is 0. The van der Waals surface area contributed by atoms with Gasteiger partial charge in [0.1, 0.15) is 0 Å². The predicted molar refractivity (Wildman–Crippen MR) is 52.4 cm³/mol. The van der Waals surface area contributed by atoms with Crippen LogP contribution < -0.4 is 0 Å². The highest BCUT2D eigenvalue weighted by Gasteiger charge is 2.08. The molecule has 11 heavy (non-hydrogen) atoms. The van der Waals surface area contributed by atoms with E-state index in [0.29, 0.717) is 0 Å². The summed E-state index contributed by atoms with van der Waals surface area (Å²) in [5, 5.41) is 0. The molecule has 0 aromatic heterocycles. The zero-order valence-electron chi connectivity index (χ0n) is 8.20. The van der Waals surface area contributed by atoms with Crippen LogP contribution in [0.1, 0.15) is 40.5 Å². The summed E-state index contributed by atoms with van der Waals surface area (Å²) < 4.78 is 0. The zero-order chi connectivity index (χ0) is 8.85. The minimum atomic E-state index is 1.15. The van der Waals surface area contributed by atoms with Gasteiger partial charge < -0.3 is 0 Å². The molecule has 0 aromatic carbocycles. The summed E-state index contributed by atoms with van der Waals surface area (Å²) >= 11 is 0. The van der Waals surface area contributed by atoms with Crippen molar-refractivity contribution in [2.75, 3.05) is 0 Å². The molecule has 0 rings (SSSR count). The molecule has 0 aliphatic carbocycles. The third-order valence-corrected chi connectivity index (χ3v) is 1.80. The van der Waals surface area contributed by atoms with Crippen LogP contribution in [-0.4, -0.2) is 0 Å². The van der Waals surface area contributed by atoms with E-state index < -0.39 is 0 Å². The molecule has 0 N–H and O–H groups in total. The molecule has 0 nitrogen and oxygen atoms in total. The number of hydrogen-bond acceptors (Lipinski definition) is 0. The molecule has 0 saturated heterocycles. The maximum atomic E-state index is 3.90. The molecular weight excluding hydrogens is 132 g/mol. The highest BCUT2D eigenvalue weighted by molar-refractivity contribution is 5.16. The summed E-state index contributed by atoms with van der Waals surface area (Å²) in [6, 6.07) is 0. The third-order valence-electron chi connectivity index (χ3n) is 1.80. The van der Waals surface area contributed by atoms with E-state index >= 15 is 0 Å². The van der Waals surface area contributed by atoms with Crippen molar-refractivity contribution < 1.29 is 0 Å². The van der Waals surface area contributed by atoms with E-state index in [4.69, 9.17) is 0 Å². The Kier molecular flexibility index (Phi) is 4.76. The van der Waals surface area contributed by atoms with E-state index in [-0.39, 0.29) is 0 Å². The Hall–Kier alpha value is -0.650. The Morgan fingerprint density at radius 1 is 1.36 bits per heavy atom. The van der Waals surface area contributed by atoms with E-state index in [1.54, 1.807) is 0 Å². The fourth-order valence-corrected chi connectivity index (χ4v) is 0.791. The van der Waals surface area contributed by atoms with Crippen LogP contribution in [0.2, 0.25) is 0 Å². The molecule has 0 atom stereocenters. The van der Waals surface area contributed by atoms with Crippen LogP contribution in [0.5, 0.6) is 0 Å². The van der Waals surface area contributed by atoms with E-state index in [2.05, 4.69) is 40.3 Å². The largest absolute Gasteiger partial charge is 0.0987 e. The molecule has 0 aliphatic heterocycles. The lowest BCUT2D eigenvalue weighted by Gasteiger charge is -2.00. The lowest BCUT2D eigenvalue weighted by molar-refractivity contribution is 0.863. The second-order valence-electron chi connectivity index (χ2n) is 3.38. The Morgan fingerprint density at radius 3 is 2.27 bits per heavy atom. The van der Waals surface area contributed by atoms with Crippen molar-refractivity contribution in [2.24, 2.45) is 0 Å². The molecule has 0 amide bonds. The molecule has 0 spiro atoms. The molecule has 0 aromatic rings. The minimum absolute atomic E-state index is 1.15. The van der Waals surface area contributed by atoms with Crippen LogP contribution in [0, 0.1) is 5.92 Å². The van der Waals surface area contributed by atoms with Gasteiger partial charge in [-0.2, -0.15) is 0 Å². The van der Waals surface area contributed by atoms with Crippen LogP contribution in [0.25, 0.3) is 0 Å². The Bertz CT molecular complexity index is 147. The summed E-state index contributed by atoms with van der Waals surface area (Å²) in [6.07, 6.45) is 4.58. The van der Waals surface area contributed by atoms with Gasteiger partial charge in [-0.05, 0) is 27.2 Å².